The normalized spacial score (nSPS) is 22.6. The summed E-state index contributed by atoms with van der Waals surface area (Å²) in [4.78, 5) is 24.5. The third-order valence-electron chi connectivity index (χ3n) is 7.75. The number of hydrogen-bond acceptors (Lipinski definition) is 9. The summed E-state index contributed by atoms with van der Waals surface area (Å²) in [6, 6.07) is 7.71. The number of nitro benzene ring substituents is 1. The van der Waals surface area contributed by atoms with Crippen molar-refractivity contribution in [2.45, 2.75) is 61.9 Å². The summed E-state index contributed by atoms with van der Waals surface area (Å²) in [6.07, 6.45) is 9.34. The molecule has 1 aromatic heterocycles. The number of aromatic nitrogens is 2. The third kappa shape index (κ3) is 6.02. The second-order valence-corrected chi connectivity index (χ2v) is 12.1. The molecule has 0 bridgehead atoms. The number of benzene rings is 1. The van der Waals surface area contributed by atoms with Crippen molar-refractivity contribution in [2.24, 2.45) is 0 Å². The number of likely N-dealkylation sites (tertiary alicyclic amines) is 1. The predicted molar refractivity (Wildman–Crippen MR) is 141 cm³/mol. The van der Waals surface area contributed by atoms with Gasteiger partial charge in [0.25, 0.3) is 5.69 Å². The molecule has 0 amide bonds. The van der Waals surface area contributed by atoms with E-state index in [2.05, 4.69) is 20.1 Å². The quantitative estimate of drug-likeness (QED) is 0.425. The Morgan fingerprint density at radius 2 is 1.62 bits per heavy atom. The highest BCUT2D eigenvalue weighted by Crippen LogP contribution is 2.27. The summed E-state index contributed by atoms with van der Waals surface area (Å²) in [5.41, 5.74) is -0.117. The van der Waals surface area contributed by atoms with Crippen molar-refractivity contribution in [3.63, 3.8) is 0 Å². The maximum absolute atomic E-state index is 13.0. The Morgan fingerprint density at radius 1 is 0.919 bits per heavy atom. The van der Waals surface area contributed by atoms with E-state index in [9.17, 15) is 18.5 Å². The average Bonchev–Trinajstić information content (AvgIpc) is 3.20. The lowest BCUT2D eigenvalue weighted by Gasteiger charge is -2.36. The van der Waals surface area contributed by atoms with Crippen LogP contribution < -0.4 is 10.2 Å². The summed E-state index contributed by atoms with van der Waals surface area (Å²) < 4.78 is 27.6. The number of nitro groups is 1. The zero-order chi connectivity index (χ0) is 25.8. The number of rotatable bonds is 7. The number of non-ortho nitro benzene ring substituents is 1. The van der Waals surface area contributed by atoms with Gasteiger partial charge in [0.05, 0.1) is 9.82 Å². The van der Waals surface area contributed by atoms with Crippen molar-refractivity contribution in [1.82, 2.24) is 19.2 Å². The van der Waals surface area contributed by atoms with Gasteiger partial charge < -0.3 is 10.2 Å². The number of nitrogens with one attached hydrogen (secondary N) is 1. The van der Waals surface area contributed by atoms with E-state index in [1.807, 2.05) is 12.3 Å². The number of nitrogens with zero attached hydrogens (tertiary/aromatic N) is 6. The van der Waals surface area contributed by atoms with Crippen LogP contribution in [0, 0.1) is 10.1 Å². The first kappa shape index (κ1) is 25.8. The Balaban J connectivity index is 1.13. The number of sulfonamides is 1. The number of piperidine rings is 1. The van der Waals surface area contributed by atoms with Crippen LogP contribution in [-0.2, 0) is 10.0 Å². The average molecular weight is 530 g/mol. The Bertz CT molecular complexity index is 1180. The summed E-state index contributed by atoms with van der Waals surface area (Å²) in [5, 5.41) is 14.4. The molecule has 0 spiro atoms. The molecule has 0 aliphatic carbocycles. The van der Waals surface area contributed by atoms with Gasteiger partial charge in [0, 0.05) is 69.7 Å². The lowest BCUT2D eigenvalue weighted by Crippen LogP contribution is -2.46. The Hall–Kier alpha value is -2.83. The molecule has 3 fully saturated rings. The minimum Gasteiger partial charge on any atom is -0.356 e. The molecule has 2 aromatic rings. The molecule has 37 heavy (non-hydrogen) atoms. The van der Waals surface area contributed by atoms with Gasteiger partial charge in [-0.05, 0) is 50.3 Å². The van der Waals surface area contributed by atoms with Gasteiger partial charge >= 0.3 is 0 Å². The van der Waals surface area contributed by atoms with E-state index in [0.717, 1.165) is 51.3 Å². The second-order valence-electron chi connectivity index (χ2n) is 10.2. The van der Waals surface area contributed by atoms with Gasteiger partial charge in [-0.2, -0.15) is 9.29 Å². The summed E-state index contributed by atoms with van der Waals surface area (Å²) in [6.45, 7) is 4.83. The highest BCUT2D eigenvalue weighted by atomic mass is 32.2. The molecule has 5 rings (SSSR count). The van der Waals surface area contributed by atoms with Gasteiger partial charge in [-0.15, -0.1) is 0 Å². The minimum atomic E-state index is -3.66. The van der Waals surface area contributed by atoms with Crippen molar-refractivity contribution >= 4 is 27.5 Å². The van der Waals surface area contributed by atoms with E-state index in [-0.39, 0.29) is 16.6 Å². The smallest absolute Gasteiger partial charge is 0.269 e. The van der Waals surface area contributed by atoms with E-state index < -0.39 is 14.9 Å². The van der Waals surface area contributed by atoms with Gasteiger partial charge in [-0.1, -0.05) is 12.8 Å². The van der Waals surface area contributed by atoms with Gasteiger partial charge in [0.15, 0.2) is 0 Å². The molecule has 1 N–H and O–H groups in total. The zero-order valence-corrected chi connectivity index (χ0v) is 21.9. The van der Waals surface area contributed by atoms with Crippen LogP contribution >= 0.6 is 0 Å². The zero-order valence-electron chi connectivity index (χ0n) is 21.0. The number of anilines is 2. The molecule has 1 atom stereocenters. The fourth-order valence-corrected chi connectivity index (χ4v) is 7.12. The molecule has 200 valence electrons. The summed E-state index contributed by atoms with van der Waals surface area (Å²) in [5.74, 6) is 1.67. The van der Waals surface area contributed by atoms with Gasteiger partial charge in [0.1, 0.15) is 5.82 Å². The van der Waals surface area contributed by atoms with Crippen molar-refractivity contribution in [1.29, 1.82) is 0 Å². The van der Waals surface area contributed by atoms with Crippen LogP contribution in [0.2, 0.25) is 0 Å². The van der Waals surface area contributed by atoms with E-state index in [0.29, 0.717) is 25.1 Å². The van der Waals surface area contributed by atoms with Crippen LogP contribution in [0.3, 0.4) is 0 Å². The van der Waals surface area contributed by atoms with Gasteiger partial charge in [-0.25, -0.2) is 13.4 Å². The molecule has 11 nitrogen and oxygen atoms in total. The first-order chi connectivity index (χ1) is 17.9. The molecule has 1 aromatic carbocycles. The highest BCUT2D eigenvalue weighted by molar-refractivity contribution is 7.89. The largest absolute Gasteiger partial charge is 0.356 e. The molecule has 0 radical (unpaired) electrons. The fraction of sp³-hybridized carbons (Fsp3) is 0.600. The highest BCUT2D eigenvalue weighted by Gasteiger charge is 2.35. The van der Waals surface area contributed by atoms with Crippen molar-refractivity contribution in [3.05, 3.63) is 46.6 Å². The van der Waals surface area contributed by atoms with E-state index in [1.165, 1.54) is 54.3 Å². The molecule has 3 aliphatic rings. The van der Waals surface area contributed by atoms with Crippen LogP contribution in [-0.4, -0.2) is 83.9 Å². The first-order valence-corrected chi connectivity index (χ1v) is 14.7. The molecule has 3 saturated heterocycles. The molecule has 12 heteroatoms. The Morgan fingerprint density at radius 3 is 2.30 bits per heavy atom. The number of hydrogen-bond donors (Lipinski definition) is 1. The molecular formula is C25H35N7O4S. The van der Waals surface area contributed by atoms with Crippen molar-refractivity contribution in [2.75, 3.05) is 49.5 Å². The predicted octanol–water partition coefficient (Wildman–Crippen LogP) is 3.10. The van der Waals surface area contributed by atoms with E-state index >= 15 is 0 Å². The SMILES string of the molecule is O=[N+]([O-])c1ccc(S(=O)(=O)N2CCC(N3CCC(Nc4nccc(N5CCCCCC5)n4)C3)CC2)cc1. The van der Waals surface area contributed by atoms with Crippen LogP contribution in [0.4, 0.5) is 17.5 Å². The Labute approximate surface area is 218 Å². The molecule has 4 heterocycles. The fourth-order valence-electron chi connectivity index (χ4n) is 5.65. The van der Waals surface area contributed by atoms with Crippen LogP contribution in [0.1, 0.15) is 44.9 Å². The second kappa shape index (κ2) is 11.3. The van der Waals surface area contributed by atoms with Crippen molar-refractivity contribution in [3.8, 4) is 0 Å². The Kier molecular flexibility index (Phi) is 7.87. The molecule has 1 unspecified atom stereocenters. The summed E-state index contributed by atoms with van der Waals surface area (Å²) >= 11 is 0. The molecular weight excluding hydrogens is 494 g/mol. The maximum Gasteiger partial charge on any atom is 0.269 e. The lowest BCUT2D eigenvalue weighted by atomic mass is 10.1. The van der Waals surface area contributed by atoms with Crippen LogP contribution in [0.5, 0.6) is 0 Å². The van der Waals surface area contributed by atoms with Gasteiger partial charge in [0.2, 0.25) is 16.0 Å². The third-order valence-corrected chi connectivity index (χ3v) is 9.66. The van der Waals surface area contributed by atoms with E-state index in [1.54, 1.807) is 0 Å². The monoisotopic (exact) mass is 529 g/mol. The van der Waals surface area contributed by atoms with Crippen LogP contribution in [0.25, 0.3) is 0 Å². The van der Waals surface area contributed by atoms with E-state index in [4.69, 9.17) is 4.98 Å². The first-order valence-electron chi connectivity index (χ1n) is 13.2. The van der Waals surface area contributed by atoms with Gasteiger partial charge in [-0.3, -0.25) is 15.0 Å². The molecule has 3 aliphatic heterocycles. The van der Waals surface area contributed by atoms with Crippen LogP contribution in [0.15, 0.2) is 41.4 Å². The standard InChI is InChI=1S/C25H35N7O4S/c33-32(34)22-5-7-23(8-6-22)37(35,36)31-17-11-21(12-18-31)30-16-10-20(19-30)27-25-26-13-9-24(28-25)29-14-3-1-2-4-15-29/h5-9,13,20-21H,1-4,10-12,14-19H2,(H,26,27,28). The maximum atomic E-state index is 13.0. The lowest BCUT2D eigenvalue weighted by molar-refractivity contribution is -0.384. The minimum absolute atomic E-state index is 0.101. The topological polar surface area (TPSA) is 125 Å². The summed E-state index contributed by atoms with van der Waals surface area (Å²) in [7, 11) is -3.66. The molecule has 0 saturated carbocycles. The van der Waals surface area contributed by atoms with Crippen molar-refractivity contribution < 1.29 is 13.3 Å².